The molecule has 1 aromatic heterocycles. The van der Waals surface area contributed by atoms with E-state index in [-0.39, 0.29) is 12.4 Å². The van der Waals surface area contributed by atoms with E-state index in [1.54, 1.807) is 14.0 Å². The summed E-state index contributed by atoms with van der Waals surface area (Å²) >= 11 is 0. The van der Waals surface area contributed by atoms with Crippen molar-refractivity contribution < 1.29 is 31.2 Å². The predicted molar refractivity (Wildman–Crippen MR) is 115 cm³/mol. The topological polar surface area (TPSA) is 51.4 Å². The maximum absolute atomic E-state index is 11.7. The quantitative estimate of drug-likeness (QED) is 0.404. The molecule has 154 valence electrons. The summed E-state index contributed by atoms with van der Waals surface area (Å²) in [6, 6.07) is 22.3. The van der Waals surface area contributed by atoms with Crippen molar-refractivity contribution in [3.63, 3.8) is 0 Å². The number of aromatic nitrogens is 1. The number of amides is 1. The summed E-state index contributed by atoms with van der Waals surface area (Å²) < 4.78 is 12.6. The molecule has 5 nitrogen and oxygen atoms in total. The van der Waals surface area contributed by atoms with Gasteiger partial charge in [-0.2, -0.15) is 4.57 Å². The highest BCUT2D eigenvalue weighted by atomic mass is 35.5. The second-order valence-corrected chi connectivity index (χ2v) is 6.76. The highest BCUT2D eigenvalue weighted by molar-refractivity contribution is 6.09. The Morgan fingerprint density at radius 1 is 0.967 bits per heavy atom. The van der Waals surface area contributed by atoms with Gasteiger partial charge in [-0.15, -0.1) is 0 Å². The number of aryl methyl sites for hydroxylation is 1. The van der Waals surface area contributed by atoms with Crippen LogP contribution < -0.4 is 27.0 Å². The second kappa shape index (κ2) is 9.01. The minimum Gasteiger partial charge on any atom is -1.00 e. The minimum atomic E-state index is -0.452. The third kappa shape index (κ3) is 3.89. The van der Waals surface area contributed by atoms with Gasteiger partial charge in [-0.25, -0.2) is 4.79 Å². The van der Waals surface area contributed by atoms with Crippen molar-refractivity contribution >= 4 is 33.5 Å². The number of ether oxygens (including phenoxy) is 2. The maximum Gasteiger partial charge on any atom is 0.411 e. The van der Waals surface area contributed by atoms with E-state index in [1.807, 2.05) is 36.4 Å². The van der Waals surface area contributed by atoms with Crippen LogP contribution in [0.1, 0.15) is 6.92 Å². The molecule has 3 aromatic carbocycles. The van der Waals surface area contributed by atoms with Gasteiger partial charge in [-0.05, 0) is 55.5 Å². The lowest BCUT2D eigenvalue weighted by Gasteiger charge is -2.11. The molecule has 1 N–H and O–H groups in total. The predicted octanol–water partition coefficient (Wildman–Crippen LogP) is 2.07. The number of hydrogen-bond acceptors (Lipinski definition) is 3. The largest absolute Gasteiger partial charge is 1.00 e. The van der Waals surface area contributed by atoms with Crippen LogP contribution in [0, 0.1) is 0 Å². The molecule has 0 saturated heterocycles. The first kappa shape index (κ1) is 21.4. The first-order valence-electron chi connectivity index (χ1n) is 9.55. The van der Waals surface area contributed by atoms with Crippen molar-refractivity contribution in [2.24, 2.45) is 7.05 Å². The van der Waals surface area contributed by atoms with Gasteiger partial charge in [-0.3, -0.25) is 5.32 Å². The van der Waals surface area contributed by atoms with E-state index in [1.165, 1.54) is 10.8 Å². The number of carbonyl (C=O) groups excluding carboxylic acids is 1. The Kier molecular flexibility index (Phi) is 6.43. The molecular formula is C24H23ClN2O3. The van der Waals surface area contributed by atoms with Crippen molar-refractivity contribution in [3.8, 4) is 17.0 Å². The van der Waals surface area contributed by atoms with Gasteiger partial charge in [0.05, 0.1) is 24.5 Å². The molecule has 0 fully saturated rings. The van der Waals surface area contributed by atoms with Gasteiger partial charge in [-0.1, -0.05) is 12.1 Å². The first-order chi connectivity index (χ1) is 14.1. The maximum atomic E-state index is 11.7. The van der Waals surface area contributed by atoms with Crippen LogP contribution in [0.25, 0.3) is 32.9 Å². The van der Waals surface area contributed by atoms with Gasteiger partial charge in [0.25, 0.3) is 0 Å². The summed E-state index contributed by atoms with van der Waals surface area (Å²) in [5.74, 6) is 0.814. The van der Waals surface area contributed by atoms with Crippen LogP contribution in [-0.2, 0) is 11.8 Å². The van der Waals surface area contributed by atoms with Gasteiger partial charge < -0.3 is 21.9 Å². The number of fused-ring (bicyclic) bond motifs is 3. The smallest absolute Gasteiger partial charge is 0.411 e. The Hall–Kier alpha value is -3.31. The zero-order chi connectivity index (χ0) is 20.4. The van der Waals surface area contributed by atoms with Crippen LogP contribution in [-0.4, -0.2) is 19.8 Å². The van der Waals surface area contributed by atoms with Crippen LogP contribution in [0.5, 0.6) is 5.75 Å². The van der Waals surface area contributed by atoms with Crippen molar-refractivity contribution in [1.82, 2.24) is 0 Å². The molecule has 6 heteroatoms. The van der Waals surface area contributed by atoms with Crippen LogP contribution in [0.3, 0.4) is 0 Å². The van der Waals surface area contributed by atoms with Gasteiger partial charge >= 0.3 is 6.09 Å². The molecule has 30 heavy (non-hydrogen) atoms. The number of benzene rings is 3. The fraction of sp³-hybridized carbons (Fsp3) is 0.167. The van der Waals surface area contributed by atoms with Crippen LogP contribution in [0.4, 0.5) is 10.5 Å². The summed E-state index contributed by atoms with van der Waals surface area (Å²) in [5.41, 5.74) is 3.97. The zero-order valence-corrected chi connectivity index (χ0v) is 17.9. The number of nitrogens with one attached hydrogen (secondary N) is 1. The van der Waals surface area contributed by atoms with E-state index in [0.29, 0.717) is 12.3 Å². The average molecular weight is 423 g/mol. The lowest BCUT2D eigenvalue weighted by Crippen LogP contribution is -3.00. The van der Waals surface area contributed by atoms with Gasteiger partial charge in [0.1, 0.15) is 12.8 Å². The normalized spacial score (nSPS) is 10.5. The Bertz CT molecular complexity index is 1210. The number of rotatable bonds is 4. The summed E-state index contributed by atoms with van der Waals surface area (Å²) in [5, 5.41) is 6.20. The van der Waals surface area contributed by atoms with Gasteiger partial charge in [0.15, 0.2) is 0 Å². The molecular weight excluding hydrogens is 400 g/mol. The number of carbonyl (C=O) groups is 1. The molecule has 0 atom stereocenters. The average Bonchev–Trinajstić information content (AvgIpc) is 2.75. The number of nitrogens with zero attached hydrogens (tertiary/aromatic N) is 1. The second-order valence-electron chi connectivity index (χ2n) is 6.76. The Labute approximate surface area is 181 Å². The number of hydrogen-bond donors (Lipinski definition) is 1. The van der Waals surface area contributed by atoms with Crippen LogP contribution in [0.15, 0.2) is 66.7 Å². The van der Waals surface area contributed by atoms with Crippen molar-refractivity contribution in [1.29, 1.82) is 0 Å². The molecule has 0 aliphatic heterocycles. The molecule has 1 heterocycles. The van der Waals surface area contributed by atoms with Crippen molar-refractivity contribution in [2.45, 2.75) is 6.92 Å². The van der Waals surface area contributed by atoms with Crippen LogP contribution >= 0.6 is 0 Å². The Morgan fingerprint density at radius 2 is 1.70 bits per heavy atom. The SMILES string of the molecule is CCOC(=O)Nc1ccc(-c2c3cc(OC)ccc3c3ccccc3[n+]2C)cc1.[Cl-]. The molecule has 0 radical (unpaired) electrons. The molecule has 4 rings (SSSR count). The number of anilines is 1. The van der Waals surface area contributed by atoms with Crippen molar-refractivity contribution in [3.05, 3.63) is 66.7 Å². The number of pyridine rings is 1. The summed E-state index contributed by atoms with van der Waals surface area (Å²) in [7, 11) is 3.75. The van der Waals surface area contributed by atoms with E-state index < -0.39 is 6.09 Å². The first-order valence-corrected chi connectivity index (χ1v) is 9.55. The van der Waals surface area contributed by atoms with Gasteiger partial charge in [0, 0.05) is 22.7 Å². The number of para-hydroxylation sites is 1. The molecule has 0 unspecified atom stereocenters. The number of methoxy groups -OCH3 is 1. The molecule has 0 spiro atoms. The van der Waals surface area contributed by atoms with E-state index in [9.17, 15) is 4.79 Å². The third-order valence-electron chi connectivity index (χ3n) is 5.05. The van der Waals surface area contributed by atoms with E-state index in [0.717, 1.165) is 27.9 Å². The van der Waals surface area contributed by atoms with Crippen LogP contribution in [0.2, 0.25) is 0 Å². The highest BCUT2D eigenvalue weighted by Gasteiger charge is 2.21. The Morgan fingerprint density at radius 3 is 2.40 bits per heavy atom. The third-order valence-corrected chi connectivity index (χ3v) is 5.05. The summed E-state index contributed by atoms with van der Waals surface area (Å²) in [6.45, 7) is 2.12. The standard InChI is InChI=1S/C24H22N2O3.ClH/c1-4-29-24(27)25-17-11-9-16(10-12-17)23-21-15-18(28-3)13-14-19(21)20-7-5-6-8-22(20)26(23)2;/h5-15H,4H2,1-3H3;1H. The fourth-order valence-corrected chi connectivity index (χ4v) is 3.72. The van der Waals surface area contributed by atoms with E-state index in [4.69, 9.17) is 9.47 Å². The highest BCUT2D eigenvalue weighted by Crippen LogP contribution is 2.33. The molecule has 0 bridgehead atoms. The van der Waals surface area contributed by atoms with Crippen molar-refractivity contribution in [2.75, 3.05) is 19.0 Å². The van der Waals surface area contributed by atoms with E-state index in [2.05, 4.69) is 47.3 Å². The zero-order valence-electron chi connectivity index (χ0n) is 17.1. The molecule has 1 amide bonds. The lowest BCUT2D eigenvalue weighted by atomic mass is 9.99. The molecule has 4 aromatic rings. The minimum absolute atomic E-state index is 0. The summed E-state index contributed by atoms with van der Waals surface area (Å²) in [4.78, 5) is 11.7. The van der Waals surface area contributed by atoms with E-state index >= 15 is 0 Å². The number of halogens is 1. The molecule has 0 aliphatic carbocycles. The monoisotopic (exact) mass is 422 g/mol. The Balaban J connectivity index is 0.00000256. The van der Waals surface area contributed by atoms with Gasteiger partial charge in [0.2, 0.25) is 11.2 Å². The summed E-state index contributed by atoms with van der Waals surface area (Å²) in [6.07, 6.45) is -0.452. The fourth-order valence-electron chi connectivity index (χ4n) is 3.72. The molecule has 0 aliphatic rings. The lowest BCUT2D eigenvalue weighted by molar-refractivity contribution is -0.632. The molecule has 0 saturated carbocycles.